The Bertz CT molecular complexity index is 759. The fourth-order valence-electron chi connectivity index (χ4n) is 3.20. The van der Waals surface area contributed by atoms with Crippen LogP contribution in [0.3, 0.4) is 0 Å². The van der Waals surface area contributed by atoms with Crippen molar-refractivity contribution in [1.82, 2.24) is 30.5 Å². The fourth-order valence-corrected chi connectivity index (χ4v) is 3.20. The van der Waals surface area contributed by atoms with Crippen LogP contribution >= 0.6 is 0 Å². The molecule has 1 amide bonds. The molecule has 0 spiro atoms. The third kappa shape index (κ3) is 4.63. The number of aromatic nitrogens is 5. The highest BCUT2D eigenvalue weighted by molar-refractivity contribution is 5.84. The summed E-state index contributed by atoms with van der Waals surface area (Å²) in [6, 6.07) is 3.95. The zero-order valence-corrected chi connectivity index (χ0v) is 15.5. The molecule has 26 heavy (non-hydrogen) atoms. The number of rotatable bonds is 5. The molecule has 0 saturated heterocycles. The van der Waals surface area contributed by atoms with Crippen molar-refractivity contribution in [3.63, 3.8) is 0 Å². The van der Waals surface area contributed by atoms with Gasteiger partial charge in [0.1, 0.15) is 5.60 Å². The lowest BCUT2D eigenvalue weighted by molar-refractivity contribution is -0.137. The highest BCUT2D eigenvalue weighted by Crippen LogP contribution is 2.26. The van der Waals surface area contributed by atoms with Crippen LogP contribution in [0.25, 0.3) is 11.4 Å². The average Bonchev–Trinajstić information content (AvgIpc) is 3.04. The van der Waals surface area contributed by atoms with Crippen LogP contribution in [-0.2, 0) is 11.3 Å². The minimum atomic E-state index is -1.33. The number of pyridine rings is 1. The van der Waals surface area contributed by atoms with Gasteiger partial charge in [-0.1, -0.05) is 0 Å². The van der Waals surface area contributed by atoms with Gasteiger partial charge in [-0.2, -0.15) is 4.80 Å². The first-order chi connectivity index (χ1) is 12.3. The molecule has 1 saturated carbocycles. The van der Waals surface area contributed by atoms with Crippen LogP contribution in [-0.4, -0.2) is 47.8 Å². The van der Waals surface area contributed by atoms with Gasteiger partial charge < -0.3 is 10.4 Å². The molecule has 0 aromatic carbocycles. The maximum absolute atomic E-state index is 11.9. The summed E-state index contributed by atoms with van der Waals surface area (Å²) in [4.78, 5) is 17.7. The highest BCUT2D eigenvalue weighted by atomic mass is 16.3. The van der Waals surface area contributed by atoms with E-state index in [0.29, 0.717) is 11.7 Å². The van der Waals surface area contributed by atoms with E-state index in [1.807, 2.05) is 19.1 Å². The summed E-state index contributed by atoms with van der Waals surface area (Å²) in [5.74, 6) is 0.768. The minimum Gasteiger partial charge on any atom is -0.381 e. The zero-order chi connectivity index (χ0) is 18.7. The van der Waals surface area contributed by atoms with E-state index in [4.69, 9.17) is 0 Å². The first-order valence-corrected chi connectivity index (χ1v) is 9.05. The molecule has 0 aliphatic heterocycles. The van der Waals surface area contributed by atoms with Crippen LogP contribution in [0.4, 0.5) is 0 Å². The molecule has 3 rings (SSSR count). The number of tetrazole rings is 1. The lowest BCUT2D eigenvalue weighted by Crippen LogP contribution is -2.47. The first kappa shape index (κ1) is 18.4. The Kier molecular flexibility index (Phi) is 5.31. The molecular formula is C18H26N6O2. The average molecular weight is 358 g/mol. The molecule has 2 aromatic rings. The van der Waals surface area contributed by atoms with E-state index >= 15 is 0 Å². The Balaban J connectivity index is 1.52. The van der Waals surface area contributed by atoms with Crippen molar-refractivity contribution in [3.05, 3.63) is 24.0 Å². The Labute approximate surface area is 153 Å². The number of carbonyl (C=O) groups is 1. The molecule has 140 valence electrons. The second-order valence-electron chi connectivity index (χ2n) is 7.60. The molecule has 0 bridgehead atoms. The number of hydrogen-bond donors (Lipinski definition) is 2. The number of carbonyl (C=O) groups excluding carboxylic acids is 1. The number of aliphatic hydroxyl groups is 1. The highest BCUT2D eigenvalue weighted by Gasteiger charge is 2.29. The van der Waals surface area contributed by atoms with Crippen LogP contribution in [0.2, 0.25) is 0 Å². The van der Waals surface area contributed by atoms with Crippen molar-refractivity contribution in [2.45, 2.75) is 64.6 Å². The number of nitrogens with zero attached hydrogens (tertiary/aromatic N) is 5. The van der Waals surface area contributed by atoms with Gasteiger partial charge in [0.05, 0.1) is 6.54 Å². The summed E-state index contributed by atoms with van der Waals surface area (Å²) in [5, 5.41) is 25.5. The summed E-state index contributed by atoms with van der Waals surface area (Å²) in [5.41, 5.74) is 0.510. The first-order valence-electron chi connectivity index (χ1n) is 9.05. The summed E-state index contributed by atoms with van der Waals surface area (Å²) >= 11 is 0. The third-order valence-corrected chi connectivity index (χ3v) is 4.77. The van der Waals surface area contributed by atoms with Gasteiger partial charge in [-0.3, -0.25) is 9.78 Å². The van der Waals surface area contributed by atoms with E-state index in [0.717, 1.165) is 43.5 Å². The quantitative estimate of drug-likeness (QED) is 0.839. The molecule has 2 heterocycles. The van der Waals surface area contributed by atoms with Crippen molar-refractivity contribution in [3.8, 4) is 11.4 Å². The van der Waals surface area contributed by atoms with Gasteiger partial charge in [-0.05, 0) is 69.7 Å². The Hall–Kier alpha value is -2.35. The molecule has 1 fully saturated rings. The molecule has 8 nitrogen and oxygen atoms in total. The van der Waals surface area contributed by atoms with Gasteiger partial charge in [-0.15, -0.1) is 10.2 Å². The molecular weight excluding hydrogens is 332 g/mol. The summed E-state index contributed by atoms with van der Waals surface area (Å²) in [7, 11) is 0. The number of amides is 1. The number of nitrogens with one attached hydrogen (secondary N) is 1. The fraction of sp³-hybridized carbons (Fsp3) is 0.611. The van der Waals surface area contributed by atoms with E-state index < -0.39 is 5.60 Å². The monoisotopic (exact) mass is 358 g/mol. The van der Waals surface area contributed by atoms with Crippen LogP contribution < -0.4 is 5.32 Å². The van der Waals surface area contributed by atoms with Gasteiger partial charge in [0.15, 0.2) is 0 Å². The van der Waals surface area contributed by atoms with Gasteiger partial charge in [0.2, 0.25) is 5.82 Å². The molecule has 0 atom stereocenters. The molecule has 1 aliphatic carbocycles. The zero-order valence-electron chi connectivity index (χ0n) is 15.5. The molecule has 2 N–H and O–H groups in total. The van der Waals surface area contributed by atoms with Crippen molar-refractivity contribution < 1.29 is 9.90 Å². The van der Waals surface area contributed by atoms with Crippen molar-refractivity contribution in [1.29, 1.82) is 0 Å². The Morgan fingerprint density at radius 1 is 1.35 bits per heavy atom. The van der Waals surface area contributed by atoms with E-state index in [-0.39, 0.29) is 11.9 Å². The normalized spacial score (nSPS) is 20.8. The smallest absolute Gasteiger partial charge is 0.251 e. The lowest BCUT2D eigenvalue weighted by Gasteiger charge is -2.30. The Morgan fingerprint density at radius 2 is 2.08 bits per heavy atom. The molecule has 8 heteroatoms. The maximum atomic E-state index is 11.9. The van der Waals surface area contributed by atoms with E-state index in [1.54, 1.807) is 11.0 Å². The van der Waals surface area contributed by atoms with Gasteiger partial charge >= 0.3 is 0 Å². The molecule has 0 radical (unpaired) electrons. The van der Waals surface area contributed by atoms with Crippen LogP contribution in [0.15, 0.2) is 18.3 Å². The van der Waals surface area contributed by atoms with E-state index in [9.17, 15) is 9.90 Å². The van der Waals surface area contributed by atoms with Gasteiger partial charge in [0.25, 0.3) is 5.91 Å². The summed E-state index contributed by atoms with van der Waals surface area (Å²) in [6.45, 7) is 5.67. The van der Waals surface area contributed by atoms with E-state index in [1.165, 1.54) is 13.8 Å². The van der Waals surface area contributed by atoms with Gasteiger partial charge in [-0.25, -0.2) is 0 Å². The topological polar surface area (TPSA) is 106 Å². The molecule has 1 aliphatic rings. The maximum Gasteiger partial charge on any atom is 0.251 e. The van der Waals surface area contributed by atoms with E-state index in [2.05, 4.69) is 25.7 Å². The van der Waals surface area contributed by atoms with Crippen LogP contribution in [0.1, 0.15) is 45.2 Å². The Morgan fingerprint density at radius 3 is 2.73 bits per heavy atom. The largest absolute Gasteiger partial charge is 0.381 e. The van der Waals surface area contributed by atoms with Crippen LogP contribution in [0, 0.1) is 12.8 Å². The van der Waals surface area contributed by atoms with Crippen molar-refractivity contribution in [2.75, 3.05) is 0 Å². The third-order valence-electron chi connectivity index (χ3n) is 4.77. The molecule has 0 unspecified atom stereocenters. The second kappa shape index (κ2) is 7.49. The second-order valence-corrected chi connectivity index (χ2v) is 7.60. The number of hydrogen-bond acceptors (Lipinski definition) is 6. The van der Waals surface area contributed by atoms with Crippen molar-refractivity contribution >= 4 is 5.91 Å². The predicted octanol–water partition coefficient (Wildman–Crippen LogP) is 1.49. The lowest BCUT2D eigenvalue weighted by atomic mass is 9.86. The van der Waals surface area contributed by atoms with Crippen LogP contribution in [0.5, 0.6) is 0 Å². The summed E-state index contributed by atoms with van der Waals surface area (Å²) < 4.78 is 0. The van der Waals surface area contributed by atoms with Gasteiger partial charge in [0, 0.05) is 23.5 Å². The minimum absolute atomic E-state index is 0.129. The number of aryl methyl sites for hydroxylation is 1. The molecule has 2 aromatic heterocycles. The predicted molar refractivity (Wildman–Crippen MR) is 96.0 cm³/mol. The SMILES string of the molecule is Cc1cc(-c2nnn(CC3CCC(NC(=O)C(C)(C)O)CC3)n2)ccn1. The summed E-state index contributed by atoms with van der Waals surface area (Å²) in [6.07, 6.45) is 5.52. The van der Waals surface area contributed by atoms with Crippen molar-refractivity contribution in [2.24, 2.45) is 5.92 Å². The standard InChI is InChI=1S/C18H26N6O2/c1-12-10-14(8-9-19-12)16-21-23-24(22-16)11-13-4-6-15(7-5-13)20-17(25)18(2,3)26/h8-10,13,15,26H,4-7,11H2,1-3H3,(H,20,25).